The summed E-state index contributed by atoms with van der Waals surface area (Å²) in [4.78, 5) is 24.6. The maximum atomic E-state index is 14.6. The van der Waals surface area contributed by atoms with Crippen LogP contribution in [0.1, 0.15) is 49.3 Å². The van der Waals surface area contributed by atoms with Crippen molar-refractivity contribution in [1.82, 2.24) is 4.57 Å². The smallest absolute Gasteiger partial charge is 0.495 e. The third-order valence-electron chi connectivity index (χ3n) is 6.70. The first kappa shape index (κ1) is 25.0. The van der Waals surface area contributed by atoms with Crippen molar-refractivity contribution in [1.29, 1.82) is 0 Å². The Labute approximate surface area is 206 Å². The van der Waals surface area contributed by atoms with Crippen LogP contribution in [0.2, 0.25) is 5.02 Å². The first-order valence-electron chi connectivity index (χ1n) is 11.5. The van der Waals surface area contributed by atoms with E-state index >= 15 is 0 Å². The fourth-order valence-corrected chi connectivity index (χ4v) is 5.25. The number of carboxylic acid groups (broad SMARTS) is 1. The molecule has 0 amide bonds. The zero-order chi connectivity index (χ0) is 25.1. The van der Waals surface area contributed by atoms with Crippen molar-refractivity contribution >= 4 is 28.7 Å². The molecule has 0 saturated heterocycles. The molecule has 0 spiro atoms. The molecule has 9 heteroatoms. The van der Waals surface area contributed by atoms with Gasteiger partial charge in [0.15, 0.2) is 5.75 Å². The third kappa shape index (κ3) is 5.13. The van der Waals surface area contributed by atoms with Crippen LogP contribution < -0.4 is 14.9 Å². The summed E-state index contributed by atoms with van der Waals surface area (Å²) in [5.74, 6) is -0.422. The average Bonchev–Trinajstić information content (AvgIpc) is 2.85. The van der Waals surface area contributed by atoms with Gasteiger partial charge in [-0.25, -0.2) is 9.18 Å². The molecule has 2 N–H and O–H groups in total. The Bertz CT molecular complexity index is 1300. The number of aromatic nitrogens is 1. The number of pyridine rings is 1. The van der Waals surface area contributed by atoms with Crippen LogP contribution in [0.3, 0.4) is 0 Å². The number of fused-ring (bicyclic) bond motifs is 1. The van der Waals surface area contributed by atoms with Gasteiger partial charge in [-0.15, -0.1) is 0 Å². The van der Waals surface area contributed by atoms with Crippen LogP contribution in [-0.4, -0.2) is 34.7 Å². The lowest BCUT2D eigenvalue weighted by atomic mass is 9.83. The van der Waals surface area contributed by atoms with Gasteiger partial charge in [0, 0.05) is 6.42 Å². The van der Waals surface area contributed by atoms with Gasteiger partial charge >= 0.3 is 6.16 Å². The second kappa shape index (κ2) is 10.7. The minimum absolute atomic E-state index is 0.00646. The fourth-order valence-electron chi connectivity index (χ4n) is 5.06. The van der Waals surface area contributed by atoms with E-state index in [1.54, 1.807) is 28.8 Å². The second-order valence-electron chi connectivity index (χ2n) is 8.83. The van der Waals surface area contributed by atoms with Gasteiger partial charge in [0.2, 0.25) is 5.43 Å². The Kier molecular flexibility index (Phi) is 7.62. The van der Waals surface area contributed by atoms with E-state index in [1.807, 2.05) is 0 Å². The number of hydrogen-bond acceptors (Lipinski definition) is 5. The van der Waals surface area contributed by atoms with Gasteiger partial charge in [0.1, 0.15) is 11.6 Å². The summed E-state index contributed by atoms with van der Waals surface area (Å²) in [6.07, 6.45) is 4.86. The molecule has 2 aromatic carbocycles. The Morgan fingerprint density at radius 3 is 2.63 bits per heavy atom. The molecule has 1 aliphatic carbocycles. The van der Waals surface area contributed by atoms with E-state index in [0.717, 1.165) is 32.1 Å². The number of aliphatic hydroxyl groups is 1. The molecule has 0 unspecified atom stereocenters. The standard InChI is InChI=1S/C26H27ClFNO6/c1-34-21-12-15(10-17-8-5-9-19(27)23(17)28)11-18-24(21)29(13-22(25(18)31)35-26(32)33)20(14-30)16-6-3-2-4-7-16/h5,8-9,11-13,16,20,30H,2-4,6-7,10,14H2,1H3,(H,32,33)/t20-/m1/s1. The first-order valence-corrected chi connectivity index (χ1v) is 11.9. The molecule has 0 aliphatic heterocycles. The Morgan fingerprint density at radius 1 is 1.23 bits per heavy atom. The number of halogens is 2. The topological polar surface area (TPSA) is 98.0 Å². The van der Waals surface area contributed by atoms with E-state index in [1.165, 1.54) is 19.4 Å². The summed E-state index contributed by atoms with van der Waals surface area (Å²) >= 11 is 5.92. The van der Waals surface area contributed by atoms with Gasteiger partial charge in [0.05, 0.1) is 41.9 Å². The lowest BCUT2D eigenvalue weighted by molar-refractivity contribution is 0.141. The number of rotatable bonds is 7. The van der Waals surface area contributed by atoms with E-state index in [2.05, 4.69) is 0 Å². The molecule has 4 rings (SSSR count). The molecule has 35 heavy (non-hydrogen) atoms. The number of hydrogen-bond donors (Lipinski definition) is 2. The summed E-state index contributed by atoms with van der Waals surface area (Å²) in [6, 6.07) is 7.59. The molecule has 1 saturated carbocycles. The zero-order valence-electron chi connectivity index (χ0n) is 19.3. The van der Waals surface area contributed by atoms with Crippen molar-refractivity contribution in [3.8, 4) is 11.5 Å². The third-order valence-corrected chi connectivity index (χ3v) is 6.99. The van der Waals surface area contributed by atoms with Crippen molar-refractivity contribution in [2.24, 2.45) is 5.92 Å². The van der Waals surface area contributed by atoms with Gasteiger partial charge in [-0.2, -0.15) is 0 Å². The normalized spacial score (nSPS) is 15.2. The maximum Gasteiger partial charge on any atom is 0.511 e. The molecule has 1 atom stereocenters. The van der Waals surface area contributed by atoms with E-state index in [9.17, 15) is 24.2 Å². The highest BCUT2D eigenvalue weighted by molar-refractivity contribution is 6.30. The highest BCUT2D eigenvalue weighted by atomic mass is 35.5. The minimum atomic E-state index is -1.62. The van der Waals surface area contributed by atoms with Gasteiger partial charge in [-0.1, -0.05) is 43.0 Å². The molecule has 7 nitrogen and oxygen atoms in total. The van der Waals surface area contributed by atoms with Crippen LogP contribution in [-0.2, 0) is 6.42 Å². The quantitative estimate of drug-likeness (QED) is 0.409. The van der Waals surface area contributed by atoms with Gasteiger partial charge in [0.25, 0.3) is 0 Å². The predicted octanol–water partition coefficient (Wildman–Crippen LogP) is 5.56. The van der Waals surface area contributed by atoms with E-state index in [4.69, 9.17) is 21.1 Å². The Balaban J connectivity index is 1.93. The molecule has 1 fully saturated rings. The van der Waals surface area contributed by atoms with Crippen LogP contribution in [0.25, 0.3) is 10.9 Å². The van der Waals surface area contributed by atoms with Crippen molar-refractivity contribution < 1.29 is 28.9 Å². The molecule has 0 radical (unpaired) electrons. The van der Waals surface area contributed by atoms with Crippen LogP contribution in [0, 0.1) is 11.7 Å². The van der Waals surface area contributed by atoms with E-state index < -0.39 is 23.4 Å². The average molecular weight is 504 g/mol. The summed E-state index contributed by atoms with van der Waals surface area (Å²) in [5, 5.41) is 19.7. The van der Waals surface area contributed by atoms with Gasteiger partial charge in [-0.3, -0.25) is 4.79 Å². The Morgan fingerprint density at radius 2 is 1.97 bits per heavy atom. The molecule has 1 heterocycles. The number of methoxy groups -OCH3 is 1. The minimum Gasteiger partial charge on any atom is -0.495 e. The lowest BCUT2D eigenvalue weighted by Gasteiger charge is -2.32. The number of nitrogens with zero attached hydrogens (tertiary/aromatic N) is 1. The van der Waals surface area contributed by atoms with Crippen molar-refractivity contribution in [2.45, 2.75) is 44.6 Å². The van der Waals surface area contributed by atoms with Crippen LogP contribution >= 0.6 is 11.6 Å². The summed E-state index contributed by atoms with van der Waals surface area (Å²) in [7, 11) is 1.46. The molecule has 1 aromatic heterocycles. The predicted molar refractivity (Wildman–Crippen MR) is 130 cm³/mol. The Hall–Kier alpha value is -3.10. The summed E-state index contributed by atoms with van der Waals surface area (Å²) in [5.41, 5.74) is 0.707. The highest BCUT2D eigenvalue weighted by Gasteiger charge is 2.28. The van der Waals surface area contributed by atoms with Crippen molar-refractivity contribution in [3.63, 3.8) is 0 Å². The lowest BCUT2D eigenvalue weighted by Crippen LogP contribution is -2.27. The SMILES string of the molecule is COc1cc(Cc2cccc(Cl)c2F)cc2c(=O)c(OC(=O)O)cn([C@H](CO)C3CCCCC3)c12. The number of ether oxygens (including phenoxy) is 2. The van der Waals surface area contributed by atoms with Crippen LogP contribution in [0.4, 0.5) is 9.18 Å². The largest absolute Gasteiger partial charge is 0.511 e. The van der Waals surface area contributed by atoms with Crippen LogP contribution in [0.15, 0.2) is 41.3 Å². The van der Waals surface area contributed by atoms with E-state index in [0.29, 0.717) is 22.4 Å². The summed E-state index contributed by atoms with van der Waals surface area (Å²) < 4.78 is 26.7. The molecule has 3 aromatic rings. The molecule has 1 aliphatic rings. The second-order valence-corrected chi connectivity index (χ2v) is 9.24. The van der Waals surface area contributed by atoms with Gasteiger partial charge in [-0.05, 0) is 48.1 Å². The van der Waals surface area contributed by atoms with E-state index in [-0.39, 0.29) is 35.1 Å². The molecule has 0 bridgehead atoms. The molecular weight excluding hydrogens is 477 g/mol. The number of benzene rings is 2. The maximum absolute atomic E-state index is 14.6. The fraction of sp³-hybridized carbons (Fsp3) is 0.385. The molecular formula is C26H27ClFNO6. The summed E-state index contributed by atoms with van der Waals surface area (Å²) in [6.45, 7) is -0.201. The van der Waals surface area contributed by atoms with Crippen LogP contribution in [0.5, 0.6) is 11.5 Å². The van der Waals surface area contributed by atoms with Crippen molar-refractivity contribution in [2.75, 3.05) is 13.7 Å². The monoisotopic (exact) mass is 503 g/mol. The molecule has 186 valence electrons. The zero-order valence-corrected chi connectivity index (χ0v) is 20.1. The van der Waals surface area contributed by atoms with Crippen molar-refractivity contribution in [3.05, 3.63) is 68.7 Å². The highest BCUT2D eigenvalue weighted by Crippen LogP contribution is 2.38. The number of carbonyl (C=O) groups is 1. The first-order chi connectivity index (χ1) is 16.8. The van der Waals surface area contributed by atoms with Gasteiger partial charge < -0.3 is 24.3 Å². The number of aliphatic hydroxyl groups excluding tert-OH is 1.